The molecule has 130 valence electrons. The van der Waals surface area contributed by atoms with Crippen molar-refractivity contribution in [3.8, 4) is 0 Å². The van der Waals surface area contributed by atoms with Crippen LogP contribution in [0.1, 0.15) is 23.3 Å². The molecule has 0 saturated heterocycles. The third kappa shape index (κ3) is 3.27. The normalized spacial score (nSPS) is 16.2. The Morgan fingerprint density at radius 3 is 3.00 bits per heavy atom. The van der Waals surface area contributed by atoms with Gasteiger partial charge in [0.1, 0.15) is 5.82 Å². The zero-order valence-electron chi connectivity index (χ0n) is 13.8. The Kier molecular flexibility index (Phi) is 5.10. The summed E-state index contributed by atoms with van der Waals surface area (Å²) in [6.45, 7) is 5.46. The lowest BCUT2D eigenvalue weighted by Gasteiger charge is -2.27. The largest absolute Gasteiger partial charge is 0.466 e. The third-order valence-corrected chi connectivity index (χ3v) is 5.60. The fourth-order valence-electron chi connectivity index (χ4n) is 2.76. The maximum absolute atomic E-state index is 12.8. The highest BCUT2D eigenvalue weighted by atomic mass is 32.2. The monoisotopic (exact) mass is 375 g/mol. The second-order valence-electron chi connectivity index (χ2n) is 5.34. The number of fused-ring (bicyclic) bond motifs is 1. The number of nitrogens with one attached hydrogen (secondary N) is 2. The number of esters is 1. The molecule has 8 heteroatoms. The molecule has 0 spiro atoms. The quantitative estimate of drug-likeness (QED) is 0.362. The number of rotatable bonds is 5. The van der Waals surface area contributed by atoms with Crippen LogP contribution in [-0.2, 0) is 9.53 Å². The van der Waals surface area contributed by atoms with Gasteiger partial charge in [0.2, 0.25) is 0 Å². The van der Waals surface area contributed by atoms with Crippen LogP contribution in [0.25, 0.3) is 0 Å². The standard InChI is InChI=1S/C17H17N3O3S2/c1-4-7-25-17-19-14-13(15(21)20-17)12(10-6-5-8-24-10)11(9(2)18-14)16(22)23-3/h4-6,8,12H,1,7H2,2-3H3,(H2,18,19,20,21). The Morgan fingerprint density at radius 1 is 1.56 bits per heavy atom. The van der Waals surface area contributed by atoms with Crippen molar-refractivity contribution in [1.29, 1.82) is 0 Å². The fourth-order valence-corrected chi connectivity index (χ4v) is 4.20. The summed E-state index contributed by atoms with van der Waals surface area (Å²) in [7, 11) is 1.33. The van der Waals surface area contributed by atoms with Gasteiger partial charge in [-0.3, -0.25) is 4.79 Å². The van der Waals surface area contributed by atoms with Gasteiger partial charge in [0.05, 0.1) is 24.2 Å². The molecular weight excluding hydrogens is 358 g/mol. The van der Waals surface area contributed by atoms with Crippen LogP contribution < -0.4 is 10.9 Å². The van der Waals surface area contributed by atoms with E-state index in [-0.39, 0.29) is 5.56 Å². The maximum atomic E-state index is 12.8. The fraction of sp³-hybridized carbons (Fsp3) is 0.235. The van der Waals surface area contributed by atoms with Gasteiger partial charge in [0, 0.05) is 16.3 Å². The second-order valence-corrected chi connectivity index (χ2v) is 7.32. The van der Waals surface area contributed by atoms with E-state index in [1.807, 2.05) is 17.5 Å². The zero-order valence-corrected chi connectivity index (χ0v) is 15.4. The van der Waals surface area contributed by atoms with Crippen molar-refractivity contribution in [1.82, 2.24) is 9.97 Å². The molecule has 1 aliphatic heterocycles. The highest BCUT2D eigenvalue weighted by Gasteiger charge is 2.36. The first-order chi connectivity index (χ1) is 12.1. The van der Waals surface area contributed by atoms with Gasteiger partial charge in [-0.25, -0.2) is 9.78 Å². The van der Waals surface area contributed by atoms with Gasteiger partial charge >= 0.3 is 5.97 Å². The molecule has 3 rings (SSSR count). The van der Waals surface area contributed by atoms with Crippen LogP contribution >= 0.6 is 23.1 Å². The van der Waals surface area contributed by atoms with E-state index in [1.165, 1.54) is 30.2 Å². The predicted molar refractivity (Wildman–Crippen MR) is 100 cm³/mol. The molecule has 0 radical (unpaired) electrons. The summed E-state index contributed by atoms with van der Waals surface area (Å²) >= 11 is 2.87. The number of nitrogens with zero attached hydrogens (tertiary/aromatic N) is 1. The number of aromatic nitrogens is 2. The zero-order chi connectivity index (χ0) is 18.0. The molecule has 0 aromatic carbocycles. The summed E-state index contributed by atoms with van der Waals surface area (Å²) in [4.78, 5) is 33.3. The molecule has 1 atom stereocenters. The van der Waals surface area contributed by atoms with E-state index in [4.69, 9.17) is 4.74 Å². The minimum Gasteiger partial charge on any atom is -0.466 e. The first-order valence-corrected chi connectivity index (χ1v) is 9.40. The third-order valence-electron chi connectivity index (χ3n) is 3.79. The van der Waals surface area contributed by atoms with Crippen molar-refractivity contribution in [2.45, 2.75) is 18.0 Å². The molecular formula is C17H17N3O3S2. The van der Waals surface area contributed by atoms with Gasteiger partial charge in [-0.05, 0) is 18.4 Å². The lowest BCUT2D eigenvalue weighted by molar-refractivity contribution is -0.136. The van der Waals surface area contributed by atoms with Gasteiger partial charge in [-0.15, -0.1) is 17.9 Å². The number of H-pyrrole nitrogens is 1. The number of ether oxygens (including phenoxy) is 1. The van der Waals surface area contributed by atoms with E-state index in [1.54, 1.807) is 13.0 Å². The van der Waals surface area contributed by atoms with Crippen LogP contribution in [0.5, 0.6) is 0 Å². The number of methoxy groups -OCH3 is 1. The van der Waals surface area contributed by atoms with Crippen molar-refractivity contribution in [3.63, 3.8) is 0 Å². The van der Waals surface area contributed by atoms with E-state index < -0.39 is 11.9 Å². The van der Waals surface area contributed by atoms with Crippen molar-refractivity contribution in [2.75, 3.05) is 18.2 Å². The summed E-state index contributed by atoms with van der Waals surface area (Å²) in [6, 6.07) is 3.79. The molecule has 1 unspecified atom stereocenters. The molecule has 2 N–H and O–H groups in total. The van der Waals surface area contributed by atoms with E-state index in [2.05, 4.69) is 21.9 Å². The SMILES string of the molecule is C=CCSc1nc2c(c(=O)[nH]1)C(c1cccs1)C(C(=O)OC)=C(C)N2. The molecule has 0 fully saturated rings. The van der Waals surface area contributed by atoms with Crippen molar-refractivity contribution >= 4 is 34.9 Å². The molecule has 0 bridgehead atoms. The Labute approximate surface area is 153 Å². The molecule has 2 aromatic rings. The van der Waals surface area contributed by atoms with Crippen molar-refractivity contribution in [2.24, 2.45) is 0 Å². The van der Waals surface area contributed by atoms with Gasteiger partial charge in [0.25, 0.3) is 5.56 Å². The predicted octanol–water partition coefficient (Wildman–Crippen LogP) is 3.11. The molecule has 0 amide bonds. The van der Waals surface area contributed by atoms with Crippen LogP contribution in [0.2, 0.25) is 0 Å². The number of aromatic amines is 1. The Morgan fingerprint density at radius 2 is 2.36 bits per heavy atom. The number of hydrogen-bond donors (Lipinski definition) is 2. The molecule has 0 aliphatic carbocycles. The number of carbonyl (C=O) groups excluding carboxylic acids is 1. The van der Waals surface area contributed by atoms with Crippen LogP contribution in [0, 0.1) is 0 Å². The lowest BCUT2D eigenvalue weighted by atomic mass is 9.86. The highest BCUT2D eigenvalue weighted by molar-refractivity contribution is 7.99. The number of thiophene rings is 1. The van der Waals surface area contributed by atoms with Crippen LogP contribution in [0.3, 0.4) is 0 Å². The number of carbonyl (C=O) groups is 1. The number of thioether (sulfide) groups is 1. The topological polar surface area (TPSA) is 84.1 Å². The Bertz CT molecular complexity index is 900. The van der Waals surface area contributed by atoms with Crippen LogP contribution in [-0.4, -0.2) is 28.8 Å². The molecule has 2 aromatic heterocycles. The number of hydrogen-bond acceptors (Lipinski definition) is 7. The summed E-state index contributed by atoms with van der Waals surface area (Å²) in [5, 5.41) is 5.51. The van der Waals surface area contributed by atoms with Crippen molar-refractivity contribution in [3.05, 3.63) is 62.2 Å². The first kappa shape index (κ1) is 17.5. The smallest absolute Gasteiger partial charge is 0.336 e. The maximum Gasteiger partial charge on any atom is 0.336 e. The van der Waals surface area contributed by atoms with E-state index in [9.17, 15) is 9.59 Å². The van der Waals surface area contributed by atoms with Gasteiger partial charge in [-0.2, -0.15) is 0 Å². The van der Waals surface area contributed by atoms with E-state index in [0.717, 1.165) is 4.88 Å². The van der Waals surface area contributed by atoms with Gasteiger partial charge in [-0.1, -0.05) is 23.9 Å². The summed E-state index contributed by atoms with van der Waals surface area (Å²) < 4.78 is 4.94. The average Bonchev–Trinajstić information content (AvgIpc) is 3.12. The minimum atomic E-state index is -0.501. The number of allylic oxidation sites excluding steroid dienone is 1. The average molecular weight is 375 g/mol. The first-order valence-electron chi connectivity index (χ1n) is 7.54. The highest BCUT2D eigenvalue weighted by Crippen LogP contribution is 2.41. The van der Waals surface area contributed by atoms with E-state index >= 15 is 0 Å². The van der Waals surface area contributed by atoms with Crippen LogP contribution in [0.4, 0.5) is 5.82 Å². The lowest BCUT2D eigenvalue weighted by Crippen LogP contribution is -2.30. The molecule has 6 nitrogen and oxygen atoms in total. The van der Waals surface area contributed by atoms with Gasteiger partial charge in [0.15, 0.2) is 5.16 Å². The van der Waals surface area contributed by atoms with E-state index in [0.29, 0.717) is 33.6 Å². The minimum absolute atomic E-state index is 0.267. The second kappa shape index (κ2) is 7.28. The molecule has 0 saturated carbocycles. The molecule has 3 heterocycles. The Balaban J connectivity index is 2.18. The number of anilines is 1. The van der Waals surface area contributed by atoms with Crippen molar-refractivity contribution < 1.29 is 9.53 Å². The summed E-state index contributed by atoms with van der Waals surface area (Å²) in [6.07, 6.45) is 1.74. The van der Waals surface area contributed by atoms with Crippen LogP contribution in [0.15, 0.2) is 51.4 Å². The molecule has 25 heavy (non-hydrogen) atoms. The summed E-state index contributed by atoms with van der Waals surface area (Å²) in [5.41, 5.74) is 1.22. The Hall–Kier alpha value is -2.32. The molecule has 1 aliphatic rings. The summed E-state index contributed by atoms with van der Waals surface area (Å²) in [5.74, 6) is 0.147. The van der Waals surface area contributed by atoms with Gasteiger partial charge < -0.3 is 15.0 Å².